The molecule has 7 atom stereocenters. The molecule has 0 radical (unpaired) electrons. The van der Waals surface area contributed by atoms with Crippen molar-refractivity contribution in [2.24, 2.45) is 11.3 Å². The number of likely N-dealkylation sites (tertiary alicyclic amines) is 1. The van der Waals surface area contributed by atoms with E-state index in [1.807, 2.05) is 13.8 Å². The highest BCUT2D eigenvalue weighted by atomic mass is 16.6. The summed E-state index contributed by atoms with van der Waals surface area (Å²) in [7, 11) is 4.00. The number of phenolic OH excluding ortho intramolecular Hbond substituents is 1. The smallest absolute Gasteiger partial charge is 0.328 e. The second-order valence-electron chi connectivity index (χ2n) is 11.9. The number of carboxylic acids is 1. The molecule has 2 spiro atoms. The van der Waals surface area contributed by atoms with Gasteiger partial charge in [-0.05, 0) is 64.8 Å². The van der Waals surface area contributed by atoms with E-state index in [9.17, 15) is 15.0 Å². The van der Waals surface area contributed by atoms with Gasteiger partial charge in [0.05, 0.1) is 11.0 Å². The van der Waals surface area contributed by atoms with Crippen LogP contribution in [-0.4, -0.2) is 70.2 Å². The molecule has 0 unspecified atom stereocenters. The van der Waals surface area contributed by atoms with Crippen molar-refractivity contribution in [3.05, 3.63) is 59.7 Å². The lowest BCUT2D eigenvalue weighted by atomic mass is 9.36. The summed E-state index contributed by atoms with van der Waals surface area (Å²) in [6, 6.07) is 4.23. The van der Waals surface area contributed by atoms with Gasteiger partial charge in [0.1, 0.15) is 11.7 Å². The maximum Gasteiger partial charge on any atom is 0.328 e. The molecule has 4 bridgehead atoms. The van der Waals surface area contributed by atoms with E-state index in [0.717, 1.165) is 44.7 Å². The molecular weight excluding hydrogens is 482 g/mol. The molecule has 7 nitrogen and oxygen atoms in total. The summed E-state index contributed by atoms with van der Waals surface area (Å²) in [6.45, 7) is 6.93. The predicted molar refractivity (Wildman–Crippen MR) is 145 cm³/mol. The minimum atomic E-state index is -0.914. The zero-order chi connectivity index (χ0) is 27.5. The van der Waals surface area contributed by atoms with E-state index in [1.165, 1.54) is 17.2 Å². The second kappa shape index (κ2) is 9.25. The van der Waals surface area contributed by atoms with Gasteiger partial charge in [0.2, 0.25) is 0 Å². The number of piperidine rings is 1. The molecule has 1 aromatic carbocycles. The first-order chi connectivity index (χ1) is 18.0. The van der Waals surface area contributed by atoms with Gasteiger partial charge in [-0.2, -0.15) is 0 Å². The topological polar surface area (TPSA) is 99.5 Å². The molecular formula is C31H41NO6. The molecule has 2 heterocycles. The summed E-state index contributed by atoms with van der Waals surface area (Å²) >= 11 is 0. The highest BCUT2D eigenvalue weighted by Crippen LogP contribution is 2.75. The Kier molecular flexibility index (Phi) is 6.56. The number of carboxylic acid groups (broad SMARTS) is 1. The van der Waals surface area contributed by atoms with Crippen LogP contribution in [0.5, 0.6) is 11.5 Å². The Morgan fingerprint density at radius 2 is 2.08 bits per heavy atom. The highest BCUT2D eigenvalue weighted by Gasteiger charge is 2.80. The maximum atomic E-state index is 11.7. The fourth-order valence-corrected chi connectivity index (χ4v) is 8.69. The molecule has 1 saturated carbocycles. The molecule has 2 fully saturated rings. The molecule has 2 aliphatic heterocycles. The molecule has 7 rings (SSSR count). The van der Waals surface area contributed by atoms with Crippen molar-refractivity contribution < 1.29 is 29.6 Å². The Morgan fingerprint density at radius 1 is 1.32 bits per heavy atom. The second-order valence-corrected chi connectivity index (χ2v) is 11.9. The number of allylic oxidation sites excluding steroid dienone is 3. The third-order valence-electron chi connectivity index (χ3n) is 10.1. The van der Waals surface area contributed by atoms with E-state index in [4.69, 9.17) is 14.6 Å². The number of benzene rings is 1. The summed E-state index contributed by atoms with van der Waals surface area (Å²) in [5.41, 5.74) is 0.625. The zero-order valence-corrected chi connectivity index (χ0v) is 23.1. The van der Waals surface area contributed by atoms with E-state index >= 15 is 0 Å². The average Bonchev–Trinajstić information content (AvgIpc) is 3.25. The van der Waals surface area contributed by atoms with Crippen LogP contribution in [-0.2, 0) is 21.4 Å². The minimum Gasteiger partial charge on any atom is -0.504 e. The van der Waals surface area contributed by atoms with Crippen LogP contribution in [0.2, 0.25) is 0 Å². The van der Waals surface area contributed by atoms with Crippen molar-refractivity contribution in [2.45, 2.75) is 81.6 Å². The molecule has 4 aliphatic carbocycles. The summed E-state index contributed by atoms with van der Waals surface area (Å²) in [6.07, 6.45) is 14.8. The van der Waals surface area contributed by atoms with Gasteiger partial charge in [-0.15, -0.1) is 0 Å². The molecule has 6 aliphatic rings. The molecule has 3 N–H and O–H groups in total. The SMILES string of the molecule is C/C=C/C=C/C(=O)O.CCC[C@@](C)(O)[C@H]1C[C@@]23C=C[C@]1(OC)[C@@H]1Oc4c(O)ccc5c4[C@@]12CCN(C)[C@@H]3C5. The molecule has 0 amide bonds. The van der Waals surface area contributed by atoms with E-state index < -0.39 is 17.2 Å². The summed E-state index contributed by atoms with van der Waals surface area (Å²) in [5.74, 6) is -0.0912. The summed E-state index contributed by atoms with van der Waals surface area (Å²) in [4.78, 5) is 12.3. The maximum absolute atomic E-state index is 11.7. The third-order valence-corrected chi connectivity index (χ3v) is 10.1. The lowest BCUT2D eigenvalue weighted by Gasteiger charge is -2.72. The Hall–Kier alpha value is -2.61. The first-order valence-corrected chi connectivity index (χ1v) is 13.8. The third kappa shape index (κ3) is 3.41. The fraction of sp³-hybridized carbons (Fsp3) is 0.581. The van der Waals surface area contributed by atoms with Crippen molar-refractivity contribution in [3.63, 3.8) is 0 Å². The van der Waals surface area contributed by atoms with Gasteiger partial charge in [0, 0.05) is 36.1 Å². The minimum absolute atomic E-state index is 0.0647. The van der Waals surface area contributed by atoms with E-state index in [1.54, 1.807) is 25.3 Å². The highest BCUT2D eigenvalue weighted by molar-refractivity contribution is 5.80. The zero-order valence-electron chi connectivity index (χ0n) is 23.1. The summed E-state index contributed by atoms with van der Waals surface area (Å²) < 4.78 is 13.1. The number of methoxy groups -OCH3 is 1. The Labute approximate surface area is 225 Å². The van der Waals surface area contributed by atoms with Crippen molar-refractivity contribution >= 4 is 5.97 Å². The van der Waals surface area contributed by atoms with E-state index in [0.29, 0.717) is 11.8 Å². The number of hydrogen-bond donors (Lipinski definition) is 3. The van der Waals surface area contributed by atoms with Gasteiger partial charge in [-0.3, -0.25) is 0 Å². The van der Waals surface area contributed by atoms with Gasteiger partial charge in [-0.25, -0.2) is 4.79 Å². The van der Waals surface area contributed by atoms with Crippen LogP contribution in [0, 0.1) is 11.3 Å². The van der Waals surface area contributed by atoms with Gasteiger partial charge in [0.25, 0.3) is 0 Å². The number of nitrogens with zero attached hydrogens (tertiary/aromatic N) is 1. The van der Waals surface area contributed by atoms with Crippen LogP contribution in [0.1, 0.15) is 57.6 Å². The van der Waals surface area contributed by atoms with Crippen molar-refractivity contribution in [3.8, 4) is 11.5 Å². The number of phenols is 1. The van der Waals surface area contributed by atoms with E-state index in [-0.39, 0.29) is 28.6 Å². The normalized spacial score (nSPS) is 37.5. The number of hydrogen-bond acceptors (Lipinski definition) is 6. The first kappa shape index (κ1) is 27.0. The van der Waals surface area contributed by atoms with Gasteiger partial charge >= 0.3 is 5.97 Å². The molecule has 38 heavy (non-hydrogen) atoms. The lowest BCUT2D eigenvalue weighted by Crippen LogP contribution is -2.80. The average molecular weight is 524 g/mol. The van der Waals surface area contributed by atoms with Crippen LogP contribution in [0.4, 0.5) is 0 Å². The number of aromatic hydroxyl groups is 1. The molecule has 1 aromatic rings. The number of fused-ring (bicyclic) bond motifs is 1. The van der Waals surface area contributed by atoms with Gasteiger partial charge in [-0.1, -0.05) is 49.8 Å². The number of carbonyl (C=O) groups is 1. The molecule has 0 aromatic heterocycles. The number of aliphatic hydroxyl groups is 1. The lowest BCUT2D eigenvalue weighted by molar-refractivity contribution is -0.247. The first-order valence-electron chi connectivity index (χ1n) is 13.8. The molecule has 7 heteroatoms. The fourth-order valence-electron chi connectivity index (χ4n) is 8.69. The number of rotatable bonds is 6. The summed E-state index contributed by atoms with van der Waals surface area (Å²) in [5, 5.41) is 30.5. The largest absolute Gasteiger partial charge is 0.504 e. The van der Waals surface area contributed by atoms with Crippen molar-refractivity contribution in [2.75, 3.05) is 20.7 Å². The van der Waals surface area contributed by atoms with Crippen LogP contribution >= 0.6 is 0 Å². The molecule has 1 saturated heterocycles. The number of ether oxygens (including phenoxy) is 2. The van der Waals surface area contributed by atoms with Crippen LogP contribution in [0.15, 0.2) is 48.6 Å². The van der Waals surface area contributed by atoms with Gasteiger partial charge in [0.15, 0.2) is 11.5 Å². The number of likely N-dealkylation sites (N-methyl/N-ethyl adjacent to an activating group) is 1. The standard InChI is InChI=1S/C25H33NO4.C6H8O2/c1-5-8-22(2,28)17-14-23-9-10-25(17,29-4)21-24(23)11-12-26(3)18(23)13-15-6-7-16(27)20(30-21)19(15)24;1-2-3-4-5-6(7)8/h6-7,9-10,17-18,21,27-28H,5,8,11-14H2,1-4H3;2-5H,1H3,(H,7,8)/b;3-2+,5-4+/t17-,18-,21-,22-,23-,24+,25-;/m1./s1. The van der Waals surface area contributed by atoms with Crippen LogP contribution in [0.25, 0.3) is 0 Å². The quantitative estimate of drug-likeness (QED) is 0.289. The molecule has 206 valence electrons. The van der Waals surface area contributed by atoms with Crippen LogP contribution < -0.4 is 4.74 Å². The Morgan fingerprint density at radius 3 is 2.74 bits per heavy atom. The van der Waals surface area contributed by atoms with E-state index in [2.05, 4.69) is 37.1 Å². The Balaban J connectivity index is 0.000000323. The van der Waals surface area contributed by atoms with Gasteiger partial charge < -0.3 is 29.7 Å². The number of aliphatic carboxylic acids is 1. The van der Waals surface area contributed by atoms with Crippen LogP contribution in [0.3, 0.4) is 0 Å². The van der Waals surface area contributed by atoms with Crippen molar-refractivity contribution in [1.29, 1.82) is 0 Å². The van der Waals surface area contributed by atoms with Crippen molar-refractivity contribution in [1.82, 2.24) is 4.90 Å². The Bertz CT molecular complexity index is 1200. The predicted octanol–water partition coefficient (Wildman–Crippen LogP) is 4.37. The monoisotopic (exact) mass is 523 g/mol.